The highest BCUT2D eigenvalue weighted by atomic mass is 14.9. The Kier molecular flexibility index (Phi) is 7.18. The lowest BCUT2D eigenvalue weighted by Crippen LogP contribution is -2.35. The van der Waals surface area contributed by atoms with E-state index < -0.39 is 0 Å². The van der Waals surface area contributed by atoms with Crippen molar-refractivity contribution in [1.82, 2.24) is 5.32 Å². The Balaban J connectivity index is 1.31. The smallest absolute Gasteiger partial charge is 0.0167 e. The molecule has 2 nitrogen and oxygen atoms in total. The summed E-state index contributed by atoms with van der Waals surface area (Å²) in [5.41, 5.74) is 9.05. The van der Waals surface area contributed by atoms with E-state index in [1.54, 1.807) is 5.57 Å². The molecule has 3 rings (SSSR count). The summed E-state index contributed by atoms with van der Waals surface area (Å²) in [5, 5.41) is 3.86. The van der Waals surface area contributed by atoms with Gasteiger partial charge in [-0.1, -0.05) is 23.8 Å². The van der Waals surface area contributed by atoms with Crippen LogP contribution in [0.25, 0.3) is 0 Å². The van der Waals surface area contributed by atoms with Crippen molar-refractivity contribution in [2.45, 2.75) is 96.1 Å². The van der Waals surface area contributed by atoms with Gasteiger partial charge >= 0.3 is 0 Å². The topological polar surface area (TPSA) is 38.0 Å². The fraction of sp³-hybridized carbons (Fsp3) is 0.826. The molecule has 3 N–H and O–H groups in total. The fourth-order valence-corrected chi connectivity index (χ4v) is 5.27. The zero-order valence-corrected chi connectivity index (χ0v) is 16.4. The van der Waals surface area contributed by atoms with Gasteiger partial charge in [0.1, 0.15) is 0 Å². The summed E-state index contributed by atoms with van der Waals surface area (Å²) in [6.45, 7) is 7.43. The standard InChI is InChI=1S/C23H40N2/c1-17(2)21-9-3-20(4-10-21)16-25-23-13-7-19(8-14-23)15-18-5-11-22(24)12-6-18/h3,18-19,21-23,25H,1,4-16,24H2,2H3/t18?,19?,21-,22?,23?/m0/s1. The molecule has 0 heterocycles. The molecular weight excluding hydrogens is 304 g/mol. The minimum absolute atomic E-state index is 0.496. The average molecular weight is 345 g/mol. The summed E-state index contributed by atoms with van der Waals surface area (Å²) >= 11 is 0. The quantitative estimate of drug-likeness (QED) is 0.638. The van der Waals surface area contributed by atoms with Gasteiger partial charge in [-0.2, -0.15) is 0 Å². The van der Waals surface area contributed by atoms with Crippen molar-refractivity contribution in [2.75, 3.05) is 6.54 Å². The second-order valence-corrected chi connectivity index (χ2v) is 9.30. The number of hydrogen-bond donors (Lipinski definition) is 2. The van der Waals surface area contributed by atoms with Gasteiger partial charge in [-0.3, -0.25) is 0 Å². The van der Waals surface area contributed by atoms with Crippen LogP contribution < -0.4 is 11.1 Å². The van der Waals surface area contributed by atoms with Crippen LogP contribution in [-0.4, -0.2) is 18.6 Å². The lowest BCUT2D eigenvalue weighted by Gasteiger charge is -2.34. The summed E-state index contributed by atoms with van der Waals surface area (Å²) in [6.07, 6.45) is 18.7. The van der Waals surface area contributed by atoms with E-state index in [1.165, 1.54) is 82.6 Å². The Morgan fingerprint density at radius 2 is 1.68 bits per heavy atom. The molecule has 0 aliphatic heterocycles. The van der Waals surface area contributed by atoms with Crippen LogP contribution in [0.4, 0.5) is 0 Å². The lowest BCUT2D eigenvalue weighted by atomic mass is 9.76. The Morgan fingerprint density at radius 3 is 2.24 bits per heavy atom. The van der Waals surface area contributed by atoms with Gasteiger partial charge in [0.25, 0.3) is 0 Å². The Hall–Kier alpha value is -0.600. The van der Waals surface area contributed by atoms with Gasteiger partial charge in [0, 0.05) is 18.6 Å². The summed E-state index contributed by atoms with van der Waals surface area (Å²) < 4.78 is 0. The van der Waals surface area contributed by atoms with Crippen molar-refractivity contribution in [3.05, 3.63) is 23.8 Å². The normalized spacial score (nSPS) is 36.7. The third kappa shape index (κ3) is 5.96. The van der Waals surface area contributed by atoms with Crippen molar-refractivity contribution in [2.24, 2.45) is 23.5 Å². The van der Waals surface area contributed by atoms with E-state index in [4.69, 9.17) is 5.73 Å². The van der Waals surface area contributed by atoms with Crippen LogP contribution in [0.1, 0.15) is 84.0 Å². The second kappa shape index (κ2) is 9.37. The SMILES string of the molecule is C=C(C)[C@H]1CC=C(CNC2CCC(CC3CCC(N)CC3)CC2)CC1. The fourth-order valence-electron chi connectivity index (χ4n) is 5.27. The summed E-state index contributed by atoms with van der Waals surface area (Å²) in [4.78, 5) is 0. The van der Waals surface area contributed by atoms with Gasteiger partial charge in [-0.15, -0.1) is 0 Å². The van der Waals surface area contributed by atoms with Crippen LogP contribution >= 0.6 is 0 Å². The molecule has 0 spiro atoms. The maximum absolute atomic E-state index is 6.05. The minimum atomic E-state index is 0.496. The summed E-state index contributed by atoms with van der Waals surface area (Å²) in [6, 6.07) is 1.26. The molecule has 0 unspecified atom stereocenters. The molecule has 0 radical (unpaired) electrons. The van der Waals surface area contributed by atoms with Crippen LogP contribution in [0.3, 0.4) is 0 Å². The molecule has 0 saturated heterocycles. The first-order chi connectivity index (χ1) is 12.1. The van der Waals surface area contributed by atoms with Crippen LogP contribution in [0.2, 0.25) is 0 Å². The zero-order valence-electron chi connectivity index (χ0n) is 16.4. The second-order valence-electron chi connectivity index (χ2n) is 9.30. The Labute approximate surface area is 155 Å². The van der Waals surface area contributed by atoms with E-state index in [0.29, 0.717) is 6.04 Å². The summed E-state index contributed by atoms with van der Waals surface area (Å²) in [7, 11) is 0. The number of rotatable bonds is 6. The van der Waals surface area contributed by atoms with Gasteiger partial charge in [0.05, 0.1) is 0 Å². The first-order valence-corrected chi connectivity index (χ1v) is 10.9. The summed E-state index contributed by atoms with van der Waals surface area (Å²) in [5.74, 6) is 2.69. The van der Waals surface area contributed by atoms with Crippen molar-refractivity contribution in [1.29, 1.82) is 0 Å². The molecular formula is C23H40N2. The number of nitrogens with two attached hydrogens (primary N) is 1. The van der Waals surface area contributed by atoms with Gasteiger partial charge in [0.15, 0.2) is 0 Å². The molecule has 1 atom stereocenters. The van der Waals surface area contributed by atoms with Gasteiger partial charge < -0.3 is 11.1 Å². The maximum atomic E-state index is 6.05. The maximum Gasteiger partial charge on any atom is 0.0167 e. The van der Waals surface area contributed by atoms with Crippen molar-refractivity contribution < 1.29 is 0 Å². The molecule has 0 aromatic heterocycles. The van der Waals surface area contributed by atoms with E-state index in [2.05, 4.69) is 24.9 Å². The molecule has 25 heavy (non-hydrogen) atoms. The van der Waals surface area contributed by atoms with E-state index in [1.807, 2.05) is 0 Å². The average Bonchev–Trinajstić information content (AvgIpc) is 2.63. The van der Waals surface area contributed by atoms with Gasteiger partial charge in [-0.05, 0) is 102 Å². The lowest BCUT2D eigenvalue weighted by molar-refractivity contribution is 0.216. The van der Waals surface area contributed by atoms with Gasteiger partial charge in [-0.25, -0.2) is 0 Å². The molecule has 0 bridgehead atoms. The molecule has 142 valence electrons. The molecule has 2 saturated carbocycles. The predicted octanol–water partition coefficient (Wildman–Crippen LogP) is 5.35. The van der Waals surface area contributed by atoms with Gasteiger partial charge in [0.2, 0.25) is 0 Å². The molecule has 0 amide bonds. The third-order valence-electron chi connectivity index (χ3n) is 7.22. The molecule has 3 aliphatic rings. The molecule has 3 aliphatic carbocycles. The van der Waals surface area contributed by atoms with Crippen LogP contribution in [-0.2, 0) is 0 Å². The molecule has 0 aromatic carbocycles. The van der Waals surface area contributed by atoms with E-state index in [9.17, 15) is 0 Å². The first kappa shape index (κ1) is 19.2. The third-order valence-corrected chi connectivity index (χ3v) is 7.22. The van der Waals surface area contributed by atoms with Crippen molar-refractivity contribution in [3.63, 3.8) is 0 Å². The predicted molar refractivity (Wildman–Crippen MR) is 109 cm³/mol. The Bertz CT molecular complexity index is 451. The van der Waals surface area contributed by atoms with E-state index in [-0.39, 0.29) is 0 Å². The van der Waals surface area contributed by atoms with E-state index in [0.717, 1.165) is 30.3 Å². The molecule has 2 fully saturated rings. The molecule has 0 aromatic rings. The Morgan fingerprint density at radius 1 is 1.04 bits per heavy atom. The van der Waals surface area contributed by atoms with E-state index >= 15 is 0 Å². The largest absolute Gasteiger partial charge is 0.328 e. The first-order valence-electron chi connectivity index (χ1n) is 10.9. The highest BCUT2D eigenvalue weighted by molar-refractivity contribution is 5.13. The zero-order chi connectivity index (χ0) is 17.6. The highest BCUT2D eigenvalue weighted by Gasteiger charge is 2.26. The minimum Gasteiger partial charge on any atom is -0.328 e. The highest BCUT2D eigenvalue weighted by Crippen LogP contribution is 2.35. The van der Waals surface area contributed by atoms with Crippen LogP contribution in [0.15, 0.2) is 23.8 Å². The molecule has 2 heteroatoms. The number of hydrogen-bond acceptors (Lipinski definition) is 2. The number of allylic oxidation sites excluding steroid dienone is 2. The van der Waals surface area contributed by atoms with Crippen LogP contribution in [0, 0.1) is 17.8 Å². The monoisotopic (exact) mass is 344 g/mol. The van der Waals surface area contributed by atoms with Crippen LogP contribution in [0.5, 0.6) is 0 Å². The van der Waals surface area contributed by atoms with Crippen molar-refractivity contribution >= 4 is 0 Å². The number of nitrogens with one attached hydrogen (secondary N) is 1. The van der Waals surface area contributed by atoms with Crippen molar-refractivity contribution in [3.8, 4) is 0 Å².